The average molecular weight is 408 g/mol. The predicted octanol–water partition coefficient (Wildman–Crippen LogP) is 4.41. The molecule has 1 aromatic carbocycles. The molecule has 0 radical (unpaired) electrons. The molecule has 148 valence electrons. The van der Waals surface area contributed by atoms with Crippen molar-refractivity contribution < 1.29 is 9.90 Å². The van der Waals surface area contributed by atoms with E-state index in [1.54, 1.807) is 18.5 Å². The molecule has 5 nitrogen and oxygen atoms in total. The van der Waals surface area contributed by atoms with E-state index in [1.807, 2.05) is 30.5 Å². The van der Waals surface area contributed by atoms with Gasteiger partial charge in [0.1, 0.15) is 11.3 Å². The minimum atomic E-state index is -0.272. The van der Waals surface area contributed by atoms with Gasteiger partial charge in [-0.15, -0.1) is 0 Å². The van der Waals surface area contributed by atoms with Crippen molar-refractivity contribution in [2.75, 3.05) is 0 Å². The van der Waals surface area contributed by atoms with Crippen molar-refractivity contribution in [3.63, 3.8) is 0 Å². The second kappa shape index (κ2) is 6.70. The standard InChI is InChI=1S/C23H22ClN3O2/c24-17-10-15(21(28)20-14(17)5-2-9-27-20)18(13-4-1-8-26-12-13)19-16(22(25)29)11-23(19)6-3-7-23/h1-2,4-5,8-10,12,16,18-19,28H,3,6-7,11H2,(H2,25,29). The molecule has 2 aromatic heterocycles. The van der Waals surface area contributed by atoms with Crippen LogP contribution in [0.5, 0.6) is 5.75 Å². The van der Waals surface area contributed by atoms with Crippen LogP contribution in [0.3, 0.4) is 0 Å². The first kappa shape index (κ1) is 18.4. The van der Waals surface area contributed by atoms with Gasteiger partial charge in [0.2, 0.25) is 5.91 Å². The van der Waals surface area contributed by atoms with Gasteiger partial charge in [-0.25, -0.2) is 0 Å². The van der Waals surface area contributed by atoms with E-state index < -0.39 is 0 Å². The summed E-state index contributed by atoms with van der Waals surface area (Å²) in [6.45, 7) is 0. The van der Waals surface area contributed by atoms with Gasteiger partial charge in [0.25, 0.3) is 0 Å². The zero-order chi connectivity index (χ0) is 20.2. The molecule has 0 aliphatic heterocycles. The van der Waals surface area contributed by atoms with Crippen molar-refractivity contribution in [3.05, 3.63) is 65.1 Å². The van der Waals surface area contributed by atoms with Gasteiger partial charge < -0.3 is 10.8 Å². The maximum absolute atomic E-state index is 12.3. The molecule has 3 atom stereocenters. The third-order valence-corrected chi connectivity index (χ3v) is 7.38. The number of aromatic nitrogens is 2. The number of hydrogen-bond acceptors (Lipinski definition) is 4. The summed E-state index contributed by atoms with van der Waals surface area (Å²) in [6, 6.07) is 9.34. The highest BCUT2D eigenvalue weighted by molar-refractivity contribution is 6.35. The Balaban J connectivity index is 1.73. The van der Waals surface area contributed by atoms with Crippen LogP contribution in [0.25, 0.3) is 10.9 Å². The Kier molecular flexibility index (Phi) is 4.24. The first-order valence-corrected chi connectivity index (χ1v) is 10.3. The fraction of sp³-hybridized carbons (Fsp3) is 0.348. The summed E-state index contributed by atoms with van der Waals surface area (Å²) in [5.74, 6) is -0.590. The molecule has 1 amide bonds. The van der Waals surface area contributed by atoms with Crippen molar-refractivity contribution >= 4 is 28.4 Å². The zero-order valence-corrected chi connectivity index (χ0v) is 16.6. The summed E-state index contributed by atoms with van der Waals surface area (Å²) in [4.78, 5) is 20.9. The smallest absolute Gasteiger partial charge is 0.220 e. The maximum atomic E-state index is 12.3. The monoisotopic (exact) mass is 407 g/mol. The highest BCUT2D eigenvalue weighted by atomic mass is 35.5. The third kappa shape index (κ3) is 2.71. The molecule has 0 saturated heterocycles. The first-order chi connectivity index (χ1) is 14.0. The van der Waals surface area contributed by atoms with Crippen LogP contribution in [-0.2, 0) is 4.79 Å². The van der Waals surface area contributed by atoms with Crippen molar-refractivity contribution in [2.24, 2.45) is 23.0 Å². The second-order valence-electron chi connectivity index (χ2n) is 8.41. The van der Waals surface area contributed by atoms with Crippen LogP contribution in [0, 0.1) is 17.3 Å². The normalized spacial score (nSPS) is 23.3. The fourth-order valence-electron chi connectivity index (χ4n) is 5.58. The van der Waals surface area contributed by atoms with Crippen LogP contribution in [0.1, 0.15) is 42.7 Å². The van der Waals surface area contributed by atoms with Crippen LogP contribution in [0.4, 0.5) is 0 Å². The number of amides is 1. The second-order valence-corrected chi connectivity index (χ2v) is 8.82. The Morgan fingerprint density at radius 3 is 2.72 bits per heavy atom. The third-order valence-electron chi connectivity index (χ3n) is 7.06. The highest BCUT2D eigenvalue weighted by Gasteiger charge is 2.61. The van der Waals surface area contributed by atoms with E-state index in [0.717, 1.165) is 31.2 Å². The van der Waals surface area contributed by atoms with E-state index in [9.17, 15) is 9.90 Å². The van der Waals surface area contributed by atoms with Crippen molar-refractivity contribution in [1.29, 1.82) is 0 Å². The predicted molar refractivity (Wildman–Crippen MR) is 112 cm³/mol. The molecule has 5 rings (SSSR count). The molecule has 3 N–H and O–H groups in total. The molecule has 2 fully saturated rings. The minimum absolute atomic E-state index is 0.0149. The topological polar surface area (TPSA) is 89.1 Å². The number of fused-ring (bicyclic) bond motifs is 1. The van der Waals surface area contributed by atoms with Crippen molar-refractivity contribution in [3.8, 4) is 5.75 Å². The number of rotatable bonds is 4. The van der Waals surface area contributed by atoms with E-state index in [4.69, 9.17) is 17.3 Å². The number of halogens is 1. The Hall–Kier alpha value is -2.66. The number of primary amides is 1. The molecule has 2 heterocycles. The van der Waals surface area contributed by atoms with Gasteiger partial charge in [0, 0.05) is 41.4 Å². The number of phenolic OH excluding ortho intramolecular Hbond substituents is 1. The van der Waals surface area contributed by atoms with Crippen LogP contribution in [0.15, 0.2) is 48.9 Å². The molecular formula is C23H22ClN3O2. The number of hydrogen-bond donors (Lipinski definition) is 2. The molecule has 2 saturated carbocycles. The largest absolute Gasteiger partial charge is 0.505 e. The molecule has 2 aliphatic carbocycles. The lowest BCUT2D eigenvalue weighted by Crippen LogP contribution is -2.58. The summed E-state index contributed by atoms with van der Waals surface area (Å²) < 4.78 is 0. The van der Waals surface area contributed by atoms with Gasteiger partial charge in [-0.1, -0.05) is 24.1 Å². The fourth-order valence-corrected chi connectivity index (χ4v) is 5.85. The van der Waals surface area contributed by atoms with E-state index in [2.05, 4.69) is 9.97 Å². The highest BCUT2D eigenvalue weighted by Crippen LogP contribution is 2.68. The Morgan fingerprint density at radius 2 is 2.07 bits per heavy atom. The minimum Gasteiger partial charge on any atom is -0.505 e. The van der Waals surface area contributed by atoms with Gasteiger partial charge in [0.15, 0.2) is 0 Å². The van der Waals surface area contributed by atoms with Gasteiger partial charge >= 0.3 is 0 Å². The number of aromatic hydroxyl groups is 1. The number of carbonyl (C=O) groups is 1. The molecule has 0 bridgehead atoms. The lowest BCUT2D eigenvalue weighted by Gasteiger charge is -2.62. The number of nitrogens with two attached hydrogens (primary N) is 1. The molecule has 3 aromatic rings. The Morgan fingerprint density at radius 1 is 1.28 bits per heavy atom. The van der Waals surface area contributed by atoms with Crippen LogP contribution >= 0.6 is 11.6 Å². The molecule has 29 heavy (non-hydrogen) atoms. The Labute approximate surface area is 173 Å². The van der Waals surface area contributed by atoms with Gasteiger partial charge in [0.05, 0.1) is 5.02 Å². The number of benzene rings is 1. The van der Waals surface area contributed by atoms with Crippen LogP contribution in [-0.4, -0.2) is 21.0 Å². The number of pyridine rings is 2. The van der Waals surface area contributed by atoms with E-state index in [1.165, 1.54) is 0 Å². The molecule has 2 aliphatic rings. The van der Waals surface area contributed by atoms with Crippen LogP contribution < -0.4 is 5.73 Å². The SMILES string of the molecule is NC(=O)C1CC2(CCC2)C1C(c1cccnc1)c1cc(Cl)c2cccnc2c1O. The summed E-state index contributed by atoms with van der Waals surface area (Å²) in [5, 5.41) is 12.4. The zero-order valence-electron chi connectivity index (χ0n) is 15.9. The van der Waals surface area contributed by atoms with Crippen LogP contribution in [0.2, 0.25) is 5.02 Å². The lowest BCUT2D eigenvalue weighted by molar-refractivity contribution is -0.152. The summed E-state index contributed by atoms with van der Waals surface area (Å²) in [7, 11) is 0. The molecule has 1 spiro atoms. The van der Waals surface area contributed by atoms with Gasteiger partial charge in [-0.2, -0.15) is 0 Å². The molecule has 6 heteroatoms. The molecule has 3 unspecified atom stereocenters. The van der Waals surface area contributed by atoms with Crippen molar-refractivity contribution in [1.82, 2.24) is 9.97 Å². The first-order valence-electron chi connectivity index (χ1n) is 9.97. The quantitative estimate of drug-likeness (QED) is 0.670. The lowest BCUT2D eigenvalue weighted by atomic mass is 9.41. The van der Waals surface area contributed by atoms with E-state index in [-0.39, 0.29) is 34.8 Å². The number of carbonyl (C=O) groups excluding carboxylic acids is 1. The summed E-state index contributed by atoms with van der Waals surface area (Å²) in [5.41, 5.74) is 8.00. The van der Waals surface area contributed by atoms with Crippen molar-refractivity contribution in [2.45, 2.75) is 31.6 Å². The maximum Gasteiger partial charge on any atom is 0.220 e. The Bertz CT molecular complexity index is 1100. The van der Waals surface area contributed by atoms with Gasteiger partial charge in [-0.05, 0) is 60.4 Å². The summed E-state index contributed by atoms with van der Waals surface area (Å²) >= 11 is 6.59. The number of phenols is 1. The van der Waals surface area contributed by atoms with E-state index in [0.29, 0.717) is 21.5 Å². The summed E-state index contributed by atoms with van der Waals surface area (Å²) in [6.07, 6.45) is 9.32. The molecular weight excluding hydrogens is 386 g/mol. The van der Waals surface area contributed by atoms with Gasteiger partial charge in [-0.3, -0.25) is 14.8 Å². The number of nitrogens with zero attached hydrogens (tertiary/aromatic N) is 2. The van der Waals surface area contributed by atoms with E-state index >= 15 is 0 Å². The average Bonchev–Trinajstić information content (AvgIpc) is 2.67.